The van der Waals surface area contributed by atoms with Gasteiger partial charge in [0.1, 0.15) is 0 Å². The van der Waals surface area contributed by atoms with Gasteiger partial charge in [0.15, 0.2) is 0 Å². The number of nitriles is 1. The molecule has 0 aliphatic heterocycles. The smallest absolute Gasteiger partial charge is 0.0962 e. The van der Waals surface area contributed by atoms with Crippen LogP contribution in [0, 0.1) is 34.5 Å². The lowest BCUT2D eigenvalue weighted by Gasteiger charge is -2.57. The van der Waals surface area contributed by atoms with Crippen molar-refractivity contribution >= 4 is 0 Å². The van der Waals surface area contributed by atoms with Crippen LogP contribution in [0.1, 0.15) is 63.5 Å². The van der Waals surface area contributed by atoms with Crippen LogP contribution in [0.2, 0.25) is 0 Å². The van der Waals surface area contributed by atoms with Crippen molar-refractivity contribution < 1.29 is 0 Å². The zero-order valence-electron chi connectivity index (χ0n) is 14.2. The number of nitrogens with zero attached hydrogens (tertiary/aromatic N) is 1. The molecule has 4 aliphatic carbocycles. The molecule has 1 aromatic carbocycles. The lowest BCUT2D eigenvalue weighted by molar-refractivity contribution is -0.0599. The lowest BCUT2D eigenvalue weighted by atomic mass is 9.48. The Bertz CT molecular complexity index is 550. The minimum atomic E-state index is -0.0125. The van der Waals surface area contributed by atoms with E-state index in [1.165, 1.54) is 44.1 Å². The summed E-state index contributed by atoms with van der Waals surface area (Å²) < 4.78 is 0. The van der Waals surface area contributed by atoms with E-state index < -0.39 is 0 Å². The Hall–Kier alpha value is -1.33. The summed E-state index contributed by atoms with van der Waals surface area (Å²) >= 11 is 0. The molecular weight excluding hydrogens is 280 g/mol. The number of hydrogen-bond donors (Lipinski definition) is 1. The molecule has 2 atom stereocenters. The summed E-state index contributed by atoms with van der Waals surface area (Å²) in [5.74, 6) is 2.89. The fourth-order valence-electron chi connectivity index (χ4n) is 6.25. The fraction of sp³-hybridized carbons (Fsp3) is 0.667. The average molecular weight is 308 g/mol. The van der Waals surface area contributed by atoms with E-state index in [2.05, 4.69) is 42.6 Å². The van der Waals surface area contributed by atoms with Gasteiger partial charge < -0.3 is 0 Å². The predicted octanol–water partition coefficient (Wildman–Crippen LogP) is 4.84. The van der Waals surface area contributed by atoms with Crippen LogP contribution in [-0.4, -0.2) is 6.04 Å². The Kier molecular flexibility index (Phi) is 3.93. The van der Waals surface area contributed by atoms with Crippen LogP contribution in [0.4, 0.5) is 0 Å². The van der Waals surface area contributed by atoms with Gasteiger partial charge in [0, 0.05) is 6.04 Å². The first-order valence-electron chi connectivity index (χ1n) is 9.36. The average Bonchev–Trinajstić information content (AvgIpc) is 2.53. The van der Waals surface area contributed by atoms with Gasteiger partial charge in [0.2, 0.25) is 0 Å². The molecule has 0 heterocycles. The molecule has 4 fully saturated rings. The van der Waals surface area contributed by atoms with E-state index in [0.717, 1.165) is 24.2 Å². The standard InChI is InChI=1S/C21H28N2/c1-15(19-5-3-2-4-6-19)23-20(14-22)13-21-10-16-7-17(11-21)9-18(8-16)12-21/h2-6,15-18,20,23H,7-13H2,1H3/t15-,16?,17?,18?,20+,21?/m0/s1. The van der Waals surface area contributed by atoms with Crippen LogP contribution in [0.5, 0.6) is 0 Å². The third kappa shape index (κ3) is 3.04. The highest BCUT2D eigenvalue weighted by atomic mass is 14.9. The Labute approximate surface area is 140 Å². The SMILES string of the molecule is C[C@H](N[C@@H](C#N)CC12CC3CC(CC(C3)C1)C2)c1ccccc1. The summed E-state index contributed by atoms with van der Waals surface area (Å²) in [6.07, 6.45) is 9.65. The summed E-state index contributed by atoms with van der Waals surface area (Å²) in [5, 5.41) is 13.3. The van der Waals surface area contributed by atoms with E-state index in [-0.39, 0.29) is 12.1 Å². The van der Waals surface area contributed by atoms with Crippen LogP contribution in [0.15, 0.2) is 30.3 Å². The second kappa shape index (κ2) is 5.95. The Balaban J connectivity index is 1.44. The molecule has 0 radical (unpaired) electrons. The third-order valence-electron chi connectivity index (χ3n) is 6.71. The number of benzene rings is 1. The van der Waals surface area contributed by atoms with Crippen LogP contribution in [-0.2, 0) is 0 Å². The van der Waals surface area contributed by atoms with Crippen LogP contribution >= 0.6 is 0 Å². The fourth-order valence-corrected chi connectivity index (χ4v) is 6.25. The first kappa shape index (κ1) is 15.2. The summed E-state index contributed by atoms with van der Waals surface area (Å²) in [4.78, 5) is 0. The molecule has 0 unspecified atom stereocenters. The minimum absolute atomic E-state index is 0.0125. The van der Waals surface area contributed by atoms with Crippen molar-refractivity contribution in [3.8, 4) is 6.07 Å². The second-order valence-electron chi connectivity index (χ2n) is 8.60. The normalized spacial score (nSPS) is 37.3. The van der Waals surface area contributed by atoms with Gasteiger partial charge in [-0.2, -0.15) is 5.26 Å². The van der Waals surface area contributed by atoms with Crippen molar-refractivity contribution in [1.82, 2.24) is 5.32 Å². The second-order valence-corrected chi connectivity index (χ2v) is 8.60. The van der Waals surface area contributed by atoms with Gasteiger partial charge in [-0.25, -0.2) is 0 Å². The van der Waals surface area contributed by atoms with Gasteiger partial charge in [0.05, 0.1) is 12.1 Å². The molecular formula is C21H28N2. The Morgan fingerprint density at radius 3 is 2.17 bits per heavy atom. The highest BCUT2D eigenvalue weighted by Gasteiger charge is 2.51. The number of hydrogen-bond acceptors (Lipinski definition) is 2. The van der Waals surface area contributed by atoms with E-state index >= 15 is 0 Å². The summed E-state index contributed by atoms with van der Waals surface area (Å²) in [6, 6.07) is 13.3. The maximum atomic E-state index is 9.71. The highest BCUT2D eigenvalue weighted by molar-refractivity contribution is 5.19. The quantitative estimate of drug-likeness (QED) is 0.845. The largest absolute Gasteiger partial charge is 0.295 e. The first-order valence-corrected chi connectivity index (χ1v) is 9.36. The molecule has 0 amide bonds. The third-order valence-corrected chi connectivity index (χ3v) is 6.71. The maximum absolute atomic E-state index is 9.71. The number of rotatable bonds is 5. The zero-order chi connectivity index (χ0) is 15.9. The first-order chi connectivity index (χ1) is 11.2. The van der Waals surface area contributed by atoms with Crippen molar-refractivity contribution in [1.29, 1.82) is 5.26 Å². The van der Waals surface area contributed by atoms with Crippen molar-refractivity contribution in [3.05, 3.63) is 35.9 Å². The molecule has 122 valence electrons. The lowest BCUT2D eigenvalue weighted by Crippen LogP contribution is -2.48. The molecule has 23 heavy (non-hydrogen) atoms. The molecule has 1 aromatic rings. The van der Waals surface area contributed by atoms with E-state index in [1.807, 2.05) is 6.07 Å². The van der Waals surface area contributed by atoms with Crippen molar-refractivity contribution in [2.24, 2.45) is 23.2 Å². The molecule has 0 spiro atoms. The van der Waals surface area contributed by atoms with Gasteiger partial charge in [-0.3, -0.25) is 5.32 Å². The van der Waals surface area contributed by atoms with Crippen molar-refractivity contribution in [3.63, 3.8) is 0 Å². The van der Waals surface area contributed by atoms with Gasteiger partial charge >= 0.3 is 0 Å². The molecule has 2 heteroatoms. The van der Waals surface area contributed by atoms with Crippen LogP contribution in [0.3, 0.4) is 0 Å². The molecule has 4 aliphatic rings. The molecule has 5 rings (SSSR count). The van der Waals surface area contributed by atoms with Gasteiger partial charge in [0.25, 0.3) is 0 Å². The molecule has 0 aromatic heterocycles. The van der Waals surface area contributed by atoms with E-state index in [9.17, 15) is 5.26 Å². The van der Waals surface area contributed by atoms with E-state index in [0.29, 0.717) is 5.41 Å². The van der Waals surface area contributed by atoms with Crippen LogP contribution in [0.25, 0.3) is 0 Å². The molecule has 2 nitrogen and oxygen atoms in total. The summed E-state index contributed by atoms with van der Waals surface area (Å²) in [5.41, 5.74) is 1.75. The van der Waals surface area contributed by atoms with Crippen LogP contribution < -0.4 is 5.32 Å². The van der Waals surface area contributed by atoms with Gasteiger partial charge in [-0.15, -0.1) is 0 Å². The predicted molar refractivity (Wildman–Crippen MR) is 92.6 cm³/mol. The molecule has 4 saturated carbocycles. The molecule has 1 N–H and O–H groups in total. The van der Waals surface area contributed by atoms with Gasteiger partial charge in [-0.1, -0.05) is 30.3 Å². The summed E-state index contributed by atoms with van der Waals surface area (Å²) in [7, 11) is 0. The Morgan fingerprint density at radius 1 is 1.09 bits per heavy atom. The highest BCUT2D eigenvalue weighted by Crippen LogP contribution is 2.61. The summed E-state index contributed by atoms with van der Waals surface area (Å²) in [6.45, 7) is 2.18. The van der Waals surface area contributed by atoms with E-state index in [4.69, 9.17) is 0 Å². The maximum Gasteiger partial charge on any atom is 0.0962 e. The van der Waals surface area contributed by atoms with Gasteiger partial charge in [-0.05, 0) is 80.6 Å². The monoisotopic (exact) mass is 308 g/mol. The Morgan fingerprint density at radius 2 is 1.65 bits per heavy atom. The van der Waals surface area contributed by atoms with Crippen molar-refractivity contribution in [2.75, 3.05) is 0 Å². The zero-order valence-corrected chi connectivity index (χ0v) is 14.2. The minimum Gasteiger partial charge on any atom is -0.295 e. The number of nitrogens with one attached hydrogen (secondary N) is 1. The van der Waals surface area contributed by atoms with Crippen molar-refractivity contribution in [2.45, 2.75) is 64.0 Å². The molecule has 4 bridgehead atoms. The van der Waals surface area contributed by atoms with E-state index in [1.54, 1.807) is 0 Å². The molecule has 0 saturated heterocycles. The topological polar surface area (TPSA) is 35.8 Å².